The Balaban J connectivity index is 1.59. The van der Waals surface area contributed by atoms with Gasteiger partial charge in [-0.2, -0.15) is 4.98 Å². The molecule has 3 aromatic rings. The van der Waals surface area contributed by atoms with Crippen LogP contribution in [0.15, 0.2) is 30.6 Å². The van der Waals surface area contributed by atoms with Crippen LogP contribution in [0.25, 0.3) is 22.4 Å². The summed E-state index contributed by atoms with van der Waals surface area (Å²) in [5.74, 6) is 1.01. The van der Waals surface area contributed by atoms with E-state index in [1.54, 1.807) is 13.4 Å². The average molecular weight is 438 g/mol. The first-order chi connectivity index (χ1) is 15.7. The van der Waals surface area contributed by atoms with E-state index < -0.39 is 0 Å². The second-order valence-corrected chi connectivity index (χ2v) is 8.20. The molecule has 0 radical (unpaired) electrons. The number of anilines is 1. The zero-order chi connectivity index (χ0) is 22.1. The molecule has 2 aliphatic heterocycles. The van der Waals surface area contributed by atoms with Gasteiger partial charge in [-0.25, -0.2) is 9.97 Å². The van der Waals surface area contributed by atoms with Crippen molar-refractivity contribution in [3.63, 3.8) is 0 Å². The van der Waals surface area contributed by atoms with Gasteiger partial charge < -0.3 is 19.1 Å². The lowest BCUT2D eigenvalue weighted by Gasteiger charge is -2.24. The Kier molecular flexibility index (Phi) is 5.65. The molecule has 2 saturated heterocycles. The Morgan fingerprint density at radius 2 is 1.97 bits per heavy atom. The minimum atomic E-state index is -0.190. The van der Waals surface area contributed by atoms with Crippen LogP contribution < -0.4 is 9.64 Å². The number of rotatable bonds is 5. The summed E-state index contributed by atoms with van der Waals surface area (Å²) in [5.41, 5.74) is 3.16. The number of hydrogen-bond acceptors (Lipinski definition) is 8. The average Bonchev–Trinajstić information content (AvgIpc) is 3.51. The summed E-state index contributed by atoms with van der Waals surface area (Å²) in [4.78, 5) is 28.5. The lowest BCUT2D eigenvalue weighted by atomic mass is 10.1. The first kappa shape index (κ1) is 20.7. The number of aromatic nitrogens is 4. The third-order valence-corrected chi connectivity index (χ3v) is 6.24. The Morgan fingerprint density at radius 1 is 1.12 bits per heavy atom. The molecule has 9 nitrogen and oxygen atoms in total. The number of carbonyl (C=O) groups excluding carboxylic acids is 1. The predicted octanol–water partition coefficient (Wildman–Crippen LogP) is 3.20. The van der Waals surface area contributed by atoms with Crippen molar-refractivity contribution in [2.45, 2.75) is 31.9 Å². The molecule has 0 spiro atoms. The fourth-order valence-corrected chi connectivity index (χ4v) is 4.45. The SMILES string of the molecule is COC(=O)C1CCN(c2nc(-c3ccc(OC)cc3)c3ncn(C4CCCCO4)c3n2)C1. The van der Waals surface area contributed by atoms with Gasteiger partial charge in [0.05, 0.1) is 26.5 Å². The highest BCUT2D eigenvalue weighted by Gasteiger charge is 2.32. The van der Waals surface area contributed by atoms with Crippen molar-refractivity contribution in [1.29, 1.82) is 0 Å². The van der Waals surface area contributed by atoms with Crippen LogP contribution in [0.4, 0.5) is 5.95 Å². The topological polar surface area (TPSA) is 91.6 Å². The second-order valence-electron chi connectivity index (χ2n) is 8.20. The van der Waals surface area contributed by atoms with Gasteiger partial charge >= 0.3 is 5.97 Å². The largest absolute Gasteiger partial charge is 0.497 e. The number of ether oxygens (including phenoxy) is 3. The lowest BCUT2D eigenvalue weighted by Crippen LogP contribution is -2.25. The van der Waals surface area contributed by atoms with Crippen molar-refractivity contribution < 1.29 is 19.0 Å². The lowest BCUT2D eigenvalue weighted by molar-refractivity contribution is -0.144. The van der Waals surface area contributed by atoms with Crippen molar-refractivity contribution in [2.24, 2.45) is 5.92 Å². The van der Waals surface area contributed by atoms with Gasteiger partial charge in [0.25, 0.3) is 0 Å². The molecule has 168 valence electrons. The van der Waals surface area contributed by atoms with Crippen molar-refractivity contribution in [3.05, 3.63) is 30.6 Å². The number of fused-ring (bicyclic) bond motifs is 1. The van der Waals surface area contributed by atoms with E-state index >= 15 is 0 Å². The standard InChI is InChI=1S/C23H27N5O4/c1-30-17-8-6-15(7-9-17)19-20-21(28(14-24-20)18-5-3-4-12-32-18)26-23(25-19)27-11-10-16(13-27)22(29)31-2/h6-9,14,16,18H,3-5,10-13H2,1-2H3. The van der Waals surface area contributed by atoms with Crippen LogP contribution in [0.3, 0.4) is 0 Å². The van der Waals surface area contributed by atoms with Gasteiger partial charge in [0.1, 0.15) is 23.2 Å². The Labute approximate surface area is 186 Å². The quantitative estimate of drug-likeness (QED) is 0.562. The summed E-state index contributed by atoms with van der Waals surface area (Å²) in [6.07, 6.45) is 5.55. The maximum Gasteiger partial charge on any atom is 0.310 e. The summed E-state index contributed by atoms with van der Waals surface area (Å²) in [6, 6.07) is 7.77. The Morgan fingerprint density at radius 3 is 2.69 bits per heavy atom. The van der Waals surface area contributed by atoms with Gasteiger partial charge in [-0.1, -0.05) is 0 Å². The van der Waals surface area contributed by atoms with E-state index in [2.05, 4.69) is 4.98 Å². The van der Waals surface area contributed by atoms with Crippen molar-refractivity contribution in [2.75, 3.05) is 38.8 Å². The molecule has 0 N–H and O–H groups in total. The van der Waals surface area contributed by atoms with E-state index in [4.69, 9.17) is 24.2 Å². The zero-order valence-corrected chi connectivity index (χ0v) is 18.4. The fraction of sp³-hybridized carbons (Fsp3) is 0.478. The molecule has 2 atom stereocenters. The third-order valence-electron chi connectivity index (χ3n) is 6.24. The maximum atomic E-state index is 12.0. The van der Waals surface area contributed by atoms with Crippen LogP contribution in [0, 0.1) is 5.92 Å². The molecule has 0 amide bonds. The molecule has 0 aliphatic carbocycles. The van der Waals surface area contributed by atoms with Crippen molar-refractivity contribution >= 4 is 23.1 Å². The minimum absolute atomic E-state index is 0.0818. The third kappa shape index (κ3) is 3.77. The summed E-state index contributed by atoms with van der Waals surface area (Å²) >= 11 is 0. The van der Waals surface area contributed by atoms with Gasteiger partial charge in [-0.15, -0.1) is 0 Å². The smallest absolute Gasteiger partial charge is 0.310 e. The predicted molar refractivity (Wildman–Crippen MR) is 118 cm³/mol. The van der Waals surface area contributed by atoms with Gasteiger partial charge in [-0.05, 0) is 49.9 Å². The summed E-state index contributed by atoms with van der Waals surface area (Å²) in [5, 5.41) is 0. The van der Waals surface area contributed by atoms with Crippen LogP contribution >= 0.6 is 0 Å². The Bertz CT molecular complexity index is 1110. The van der Waals surface area contributed by atoms with Gasteiger partial charge in [-0.3, -0.25) is 9.36 Å². The summed E-state index contributed by atoms with van der Waals surface area (Å²) in [6.45, 7) is 1.97. The number of imidazole rings is 1. The van der Waals surface area contributed by atoms with E-state index in [1.807, 2.05) is 33.7 Å². The van der Waals surface area contributed by atoms with E-state index in [1.165, 1.54) is 7.11 Å². The number of nitrogens with zero attached hydrogens (tertiary/aromatic N) is 5. The van der Waals surface area contributed by atoms with E-state index in [0.29, 0.717) is 19.0 Å². The Hall–Kier alpha value is -3.20. The minimum Gasteiger partial charge on any atom is -0.497 e. The number of esters is 1. The number of benzene rings is 1. The highest BCUT2D eigenvalue weighted by Crippen LogP contribution is 2.33. The van der Waals surface area contributed by atoms with Crippen molar-refractivity contribution in [3.8, 4) is 17.0 Å². The molecular weight excluding hydrogens is 410 g/mol. The van der Waals surface area contributed by atoms with Crippen LogP contribution in [-0.4, -0.2) is 59.4 Å². The van der Waals surface area contributed by atoms with E-state index in [0.717, 1.165) is 60.5 Å². The highest BCUT2D eigenvalue weighted by atomic mass is 16.5. The van der Waals surface area contributed by atoms with Gasteiger partial charge in [0.2, 0.25) is 5.95 Å². The molecule has 0 bridgehead atoms. The summed E-state index contributed by atoms with van der Waals surface area (Å²) in [7, 11) is 3.07. The molecular formula is C23H27N5O4. The molecule has 1 aromatic carbocycles. The molecule has 9 heteroatoms. The number of carbonyl (C=O) groups is 1. The molecule has 4 heterocycles. The van der Waals surface area contributed by atoms with Crippen LogP contribution in [-0.2, 0) is 14.3 Å². The molecule has 5 rings (SSSR count). The fourth-order valence-electron chi connectivity index (χ4n) is 4.45. The highest BCUT2D eigenvalue weighted by molar-refractivity contribution is 5.88. The second kappa shape index (κ2) is 8.74. The van der Waals surface area contributed by atoms with Crippen molar-refractivity contribution in [1.82, 2.24) is 19.5 Å². The van der Waals surface area contributed by atoms with Gasteiger partial charge in [0, 0.05) is 25.3 Å². The molecule has 2 aromatic heterocycles. The van der Waals surface area contributed by atoms with Crippen LogP contribution in [0.1, 0.15) is 31.9 Å². The monoisotopic (exact) mass is 437 g/mol. The molecule has 0 saturated carbocycles. The molecule has 2 unspecified atom stereocenters. The first-order valence-electron chi connectivity index (χ1n) is 11.0. The first-order valence-corrected chi connectivity index (χ1v) is 11.0. The molecule has 2 fully saturated rings. The number of hydrogen-bond donors (Lipinski definition) is 0. The van der Waals surface area contributed by atoms with Crippen LogP contribution in [0.2, 0.25) is 0 Å². The number of methoxy groups -OCH3 is 2. The zero-order valence-electron chi connectivity index (χ0n) is 18.4. The maximum absolute atomic E-state index is 12.0. The normalized spacial score (nSPS) is 21.1. The van der Waals surface area contributed by atoms with E-state index in [-0.39, 0.29) is 18.1 Å². The van der Waals surface area contributed by atoms with Gasteiger partial charge in [0.15, 0.2) is 5.65 Å². The summed E-state index contributed by atoms with van der Waals surface area (Å²) < 4.78 is 18.3. The van der Waals surface area contributed by atoms with Crippen LogP contribution in [0.5, 0.6) is 5.75 Å². The molecule has 2 aliphatic rings. The van der Waals surface area contributed by atoms with E-state index in [9.17, 15) is 4.79 Å². The molecule has 32 heavy (non-hydrogen) atoms.